The van der Waals surface area contributed by atoms with Crippen LogP contribution in [0.25, 0.3) is 0 Å². The molecule has 2 nitrogen and oxygen atoms in total. The molecule has 1 aromatic rings. The molecule has 0 saturated carbocycles. The molecule has 2 heterocycles. The molecule has 0 saturated heterocycles. The first kappa shape index (κ1) is 17.2. The first-order valence-corrected chi connectivity index (χ1v) is 10.1. The van der Waals surface area contributed by atoms with E-state index in [9.17, 15) is 4.39 Å². The van der Waals surface area contributed by atoms with Crippen molar-refractivity contribution < 1.29 is 4.39 Å². The van der Waals surface area contributed by atoms with Crippen LogP contribution in [0.2, 0.25) is 5.02 Å². The van der Waals surface area contributed by atoms with Gasteiger partial charge in [0.25, 0.3) is 0 Å². The fraction of sp³-hybridized carbons (Fsp3) is 0.348. The van der Waals surface area contributed by atoms with Crippen molar-refractivity contribution in [3.8, 4) is 0 Å². The minimum Gasteiger partial charge on any atom is -0.299 e. The van der Waals surface area contributed by atoms with Crippen molar-refractivity contribution in [3.05, 3.63) is 81.3 Å². The summed E-state index contributed by atoms with van der Waals surface area (Å²) >= 11 is 6.21. The zero-order chi connectivity index (χ0) is 18.4. The first-order valence-electron chi connectivity index (χ1n) is 9.72. The molecule has 0 bridgehead atoms. The smallest absolute Gasteiger partial charge is 0.120 e. The third-order valence-electron chi connectivity index (χ3n) is 6.15. The summed E-state index contributed by atoms with van der Waals surface area (Å²) in [6.45, 7) is 3.06. The molecular weight excluding hydrogens is 359 g/mol. The maximum atomic E-state index is 13.7. The van der Waals surface area contributed by atoms with Gasteiger partial charge in [-0.15, -0.1) is 0 Å². The normalized spacial score (nSPS) is 24.5. The average Bonchev–Trinajstić information content (AvgIpc) is 3.26. The number of benzene rings is 1. The monoisotopic (exact) mass is 380 g/mol. The van der Waals surface area contributed by atoms with Crippen molar-refractivity contribution in [2.45, 2.75) is 31.6 Å². The van der Waals surface area contributed by atoms with Crippen LogP contribution < -0.4 is 0 Å². The van der Waals surface area contributed by atoms with Crippen molar-refractivity contribution in [1.29, 1.82) is 0 Å². The maximum absolute atomic E-state index is 13.7. The standard InChI is InChI=1S/C23H22ClFN2/c24-18-4-3-15-1-2-17(20(15)11-18)14-27-9-7-16(8-10-27)22-13-26-23-6-5-19(25)12-21(22)23/h3-5,7,11-13,17H,1-2,6,8-10,14H2. The van der Waals surface area contributed by atoms with Gasteiger partial charge in [-0.2, -0.15) is 0 Å². The molecule has 1 atom stereocenters. The summed E-state index contributed by atoms with van der Waals surface area (Å²) in [5.41, 5.74) is 7.29. The lowest BCUT2D eigenvalue weighted by Crippen LogP contribution is -2.32. The summed E-state index contributed by atoms with van der Waals surface area (Å²) in [6.07, 6.45) is 11.4. The van der Waals surface area contributed by atoms with Gasteiger partial charge >= 0.3 is 0 Å². The molecule has 0 radical (unpaired) electrons. The highest BCUT2D eigenvalue weighted by Crippen LogP contribution is 2.37. The molecule has 2 aliphatic heterocycles. The van der Waals surface area contributed by atoms with Crippen LogP contribution in [0.15, 0.2) is 70.2 Å². The molecule has 0 aromatic heterocycles. The van der Waals surface area contributed by atoms with Gasteiger partial charge in [-0.1, -0.05) is 23.7 Å². The fourth-order valence-corrected chi connectivity index (χ4v) is 4.87. The van der Waals surface area contributed by atoms with E-state index in [0.29, 0.717) is 12.3 Å². The summed E-state index contributed by atoms with van der Waals surface area (Å²) in [6, 6.07) is 6.34. The van der Waals surface area contributed by atoms with Crippen molar-refractivity contribution >= 4 is 17.3 Å². The molecule has 0 N–H and O–H groups in total. The predicted molar refractivity (Wildman–Crippen MR) is 109 cm³/mol. The van der Waals surface area contributed by atoms with Gasteiger partial charge in [0.15, 0.2) is 0 Å². The molecule has 0 fully saturated rings. The number of hydrogen-bond donors (Lipinski definition) is 0. The Bertz CT molecular complexity index is 951. The van der Waals surface area contributed by atoms with Crippen LogP contribution >= 0.6 is 11.6 Å². The van der Waals surface area contributed by atoms with Crippen LogP contribution in [0.3, 0.4) is 0 Å². The van der Waals surface area contributed by atoms with Gasteiger partial charge in [-0.25, -0.2) is 4.39 Å². The van der Waals surface area contributed by atoms with Gasteiger partial charge in [0, 0.05) is 48.4 Å². The van der Waals surface area contributed by atoms with Crippen molar-refractivity contribution in [2.75, 3.05) is 19.6 Å². The lowest BCUT2D eigenvalue weighted by Gasteiger charge is -2.29. The minimum atomic E-state index is -0.145. The Hall–Kier alpha value is -1.97. The van der Waals surface area contributed by atoms with E-state index in [1.54, 1.807) is 12.2 Å². The quantitative estimate of drug-likeness (QED) is 0.673. The summed E-state index contributed by atoms with van der Waals surface area (Å²) in [7, 11) is 0. The predicted octanol–water partition coefficient (Wildman–Crippen LogP) is 5.52. The number of aryl methyl sites for hydroxylation is 1. The highest BCUT2D eigenvalue weighted by Gasteiger charge is 2.28. The highest BCUT2D eigenvalue weighted by molar-refractivity contribution is 6.30. The Morgan fingerprint density at radius 1 is 1.19 bits per heavy atom. The third kappa shape index (κ3) is 3.24. The minimum absolute atomic E-state index is 0.145. The molecule has 5 rings (SSSR count). The number of halogens is 2. The van der Waals surface area contributed by atoms with Gasteiger partial charge in [-0.3, -0.25) is 9.89 Å². The van der Waals surface area contributed by atoms with E-state index in [1.165, 1.54) is 23.1 Å². The maximum Gasteiger partial charge on any atom is 0.120 e. The molecule has 4 aliphatic rings. The Morgan fingerprint density at radius 2 is 2.11 bits per heavy atom. The molecule has 0 amide bonds. The zero-order valence-corrected chi connectivity index (χ0v) is 16.0. The molecule has 1 aromatic carbocycles. The highest BCUT2D eigenvalue weighted by atomic mass is 35.5. The van der Waals surface area contributed by atoms with Crippen molar-refractivity contribution in [1.82, 2.24) is 4.90 Å². The Kier molecular flexibility index (Phi) is 4.37. The molecule has 0 spiro atoms. The number of aliphatic imine (C=N–C) groups is 1. The topological polar surface area (TPSA) is 15.6 Å². The molecule has 1 unspecified atom stereocenters. The fourth-order valence-electron chi connectivity index (χ4n) is 4.69. The van der Waals surface area contributed by atoms with E-state index in [4.69, 9.17) is 11.6 Å². The van der Waals surface area contributed by atoms with Crippen LogP contribution in [-0.2, 0) is 6.42 Å². The lowest BCUT2D eigenvalue weighted by molar-refractivity contribution is 0.275. The second-order valence-corrected chi connectivity index (χ2v) is 8.22. The van der Waals surface area contributed by atoms with Crippen LogP contribution in [-0.4, -0.2) is 30.2 Å². The van der Waals surface area contributed by atoms with Gasteiger partial charge in [0.05, 0.1) is 5.71 Å². The van der Waals surface area contributed by atoms with E-state index in [2.05, 4.69) is 28.1 Å². The molecule has 4 heteroatoms. The summed E-state index contributed by atoms with van der Waals surface area (Å²) < 4.78 is 13.7. The second-order valence-electron chi connectivity index (χ2n) is 7.79. The Balaban J connectivity index is 1.27. The van der Waals surface area contributed by atoms with Crippen molar-refractivity contribution in [3.63, 3.8) is 0 Å². The number of hydrogen-bond acceptors (Lipinski definition) is 2. The van der Waals surface area contributed by atoms with Crippen LogP contribution in [0.5, 0.6) is 0 Å². The Labute approximate surface area is 164 Å². The molecule has 2 aliphatic carbocycles. The van der Waals surface area contributed by atoms with Gasteiger partial charge in [0.1, 0.15) is 5.83 Å². The Morgan fingerprint density at radius 3 is 2.96 bits per heavy atom. The van der Waals surface area contributed by atoms with E-state index >= 15 is 0 Å². The molecular formula is C23H22ClFN2. The third-order valence-corrected chi connectivity index (χ3v) is 6.39. The van der Waals surface area contributed by atoms with Crippen LogP contribution in [0, 0.1) is 0 Å². The first-order chi connectivity index (χ1) is 13.2. The molecule has 27 heavy (non-hydrogen) atoms. The molecule has 138 valence electrons. The lowest BCUT2D eigenvalue weighted by atomic mass is 9.89. The van der Waals surface area contributed by atoms with E-state index in [-0.39, 0.29) is 5.83 Å². The van der Waals surface area contributed by atoms with E-state index in [0.717, 1.165) is 54.4 Å². The number of nitrogens with zero attached hydrogens (tertiary/aromatic N) is 2. The van der Waals surface area contributed by atoms with Gasteiger partial charge < -0.3 is 0 Å². The van der Waals surface area contributed by atoms with E-state index in [1.807, 2.05) is 12.3 Å². The SMILES string of the molecule is FC1=CCC2=NC=C(C3=CCN(CC4CCc5ccc(Cl)cc54)CC3)C2=C1. The van der Waals surface area contributed by atoms with Gasteiger partial charge in [-0.05, 0) is 66.2 Å². The van der Waals surface area contributed by atoms with E-state index < -0.39 is 0 Å². The van der Waals surface area contributed by atoms with Crippen LogP contribution in [0.4, 0.5) is 4.39 Å². The summed E-state index contributed by atoms with van der Waals surface area (Å²) in [5, 5.41) is 0.840. The second kappa shape index (κ2) is 6.88. The van der Waals surface area contributed by atoms with Crippen LogP contribution in [0.1, 0.15) is 36.3 Å². The number of rotatable bonds is 3. The summed E-state index contributed by atoms with van der Waals surface area (Å²) in [4.78, 5) is 7.02. The average molecular weight is 381 g/mol. The zero-order valence-electron chi connectivity index (χ0n) is 15.2. The summed E-state index contributed by atoms with van der Waals surface area (Å²) in [5.74, 6) is 0.433. The number of fused-ring (bicyclic) bond motifs is 2. The van der Waals surface area contributed by atoms with Crippen molar-refractivity contribution in [2.24, 2.45) is 4.99 Å². The number of allylic oxidation sites excluding steroid dienone is 5. The largest absolute Gasteiger partial charge is 0.299 e. The van der Waals surface area contributed by atoms with Gasteiger partial charge in [0.2, 0.25) is 0 Å².